The van der Waals surface area contributed by atoms with Gasteiger partial charge in [-0.2, -0.15) is 0 Å². The summed E-state index contributed by atoms with van der Waals surface area (Å²) in [6.45, 7) is 2.70. The summed E-state index contributed by atoms with van der Waals surface area (Å²) in [6, 6.07) is 4.06. The molecule has 2 N–H and O–H groups in total. The second-order valence-electron chi connectivity index (χ2n) is 5.96. The Bertz CT molecular complexity index is 834. The third kappa shape index (κ3) is 2.20. The Kier molecular flexibility index (Phi) is 3.03. The molecule has 1 aliphatic rings. The minimum atomic E-state index is 0.451. The predicted molar refractivity (Wildman–Crippen MR) is 84.4 cm³/mol. The third-order valence-corrected chi connectivity index (χ3v) is 4.28. The summed E-state index contributed by atoms with van der Waals surface area (Å²) in [6.07, 6.45) is 7.15. The molecule has 0 aliphatic heterocycles. The van der Waals surface area contributed by atoms with Crippen LogP contribution in [0.1, 0.15) is 42.3 Å². The van der Waals surface area contributed by atoms with E-state index in [2.05, 4.69) is 27.9 Å². The molecule has 0 aromatic carbocycles. The van der Waals surface area contributed by atoms with Crippen LogP contribution < -0.4 is 5.73 Å². The molecule has 3 heterocycles. The molecule has 0 saturated heterocycles. The molecule has 3 aromatic rings. The fourth-order valence-electron chi connectivity index (χ4n) is 2.81. The minimum Gasteiger partial charge on any atom is -0.382 e. The van der Waals surface area contributed by atoms with Crippen molar-refractivity contribution in [3.63, 3.8) is 0 Å². The lowest BCUT2D eigenvalue weighted by Gasteiger charge is -2.23. The van der Waals surface area contributed by atoms with E-state index in [-0.39, 0.29) is 0 Å². The van der Waals surface area contributed by atoms with Gasteiger partial charge in [-0.15, -0.1) is 0 Å². The maximum Gasteiger partial charge on any atom is 0.166 e. The SMILES string of the molecule is Cc1ccnc(Cn2cnc3c(N)nc(C4CCC4)nc32)c1. The molecule has 3 aromatic heterocycles. The Hall–Kier alpha value is -2.50. The molecule has 6 heteroatoms. The summed E-state index contributed by atoms with van der Waals surface area (Å²) in [7, 11) is 0. The fraction of sp³-hybridized carbons (Fsp3) is 0.375. The molecule has 0 atom stereocenters. The molecule has 0 spiro atoms. The molecule has 1 saturated carbocycles. The molecule has 1 fully saturated rings. The number of rotatable bonds is 3. The molecule has 4 rings (SSSR count). The van der Waals surface area contributed by atoms with Gasteiger partial charge in [0.1, 0.15) is 11.3 Å². The molecule has 1 aliphatic carbocycles. The number of nitrogen functional groups attached to an aromatic ring is 1. The van der Waals surface area contributed by atoms with Crippen molar-refractivity contribution in [3.8, 4) is 0 Å². The Morgan fingerprint density at radius 2 is 2.14 bits per heavy atom. The number of anilines is 1. The van der Waals surface area contributed by atoms with E-state index in [1.807, 2.05) is 16.8 Å². The van der Waals surface area contributed by atoms with E-state index in [0.717, 1.165) is 30.0 Å². The number of nitrogens with two attached hydrogens (primary N) is 1. The summed E-state index contributed by atoms with van der Waals surface area (Å²) in [5, 5.41) is 0. The largest absolute Gasteiger partial charge is 0.382 e. The smallest absolute Gasteiger partial charge is 0.166 e. The van der Waals surface area contributed by atoms with Crippen LogP contribution in [0.15, 0.2) is 24.7 Å². The molecular formula is C16H18N6. The number of pyridine rings is 1. The van der Waals surface area contributed by atoms with Crippen molar-refractivity contribution in [2.75, 3.05) is 5.73 Å². The zero-order valence-electron chi connectivity index (χ0n) is 12.5. The number of aryl methyl sites for hydroxylation is 1. The highest BCUT2D eigenvalue weighted by Gasteiger charge is 2.24. The van der Waals surface area contributed by atoms with E-state index in [1.165, 1.54) is 12.0 Å². The zero-order valence-corrected chi connectivity index (χ0v) is 12.5. The maximum atomic E-state index is 6.06. The van der Waals surface area contributed by atoms with Gasteiger partial charge in [-0.1, -0.05) is 6.42 Å². The third-order valence-electron chi connectivity index (χ3n) is 4.28. The van der Waals surface area contributed by atoms with Crippen LogP contribution in [0.5, 0.6) is 0 Å². The summed E-state index contributed by atoms with van der Waals surface area (Å²) in [4.78, 5) is 17.9. The van der Waals surface area contributed by atoms with Gasteiger partial charge in [0.25, 0.3) is 0 Å². The van der Waals surface area contributed by atoms with Crippen LogP contribution in [0.3, 0.4) is 0 Å². The van der Waals surface area contributed by atoms with Crippen LogP contribution in [0.4, 0.5) is 5.82 Å². The summed E-state index contributed by atoms with van der Waals surface area (Å²) >= 11 is 0. The Labute approximate surface area is 128 Å². The molecule has 0 unspecified atom stereocenters. The number of hydrogen-bond acceptors (Lipinski definition) is 5. The standard InChI is InChI=1S/C16H18N6/c1-10-5-6-18-12(7-10)8-22-9-19-13-14(17)20-15(21-16(13)22)11-3-2-4-11/h5-7,9,11H,2-4,8H2,1H3,(H2,17,20,21). The highest BCUT2D eigenvalue weighted by molar-refractivity contribution is 5.81. The first-order valence-electron chi connectivity index (χ1n) is 7.60. The first kappa shape index (κ1) is 13.2. The van der Waals surface area contributed by atoms with Crippen molar-refractivity contribution in [1.29, 1.82) is 0 Å². The average molecular weight is 294 g/mol. The molecular weight excluding hydrogens is 276 g/mol. The number of fused-ring (bicyclic) bond motifs is 1. The fourth-order valence-corrected chi connectivity index (χ4v) is 2.81. The van der Waals surface area contributed by atoms with Crippen LogP contribution in [-0.2, 0) is 6.54 Å². The molecule has 0 bridgehead atoms. The first-order valence-corrected chi connectivity index (χ1v) is 7.60. The Balaban J connectivity index is 1.75. The zero-order chi connectivity index (χ0) is 15.1. The average Bonchev–Trinajstić information content (AvgIpc) is 2.81. The molecule has 0 amide bonds. The molecule has 6 nitrogen and oxygen atoms in total. The van der Waals surface area contributed by atoms with Gasteiger partial charge in [-0.05, 0) is 37.5 Å². The summed E-state index contributed by atoms with van der Waals surface area (Å²) in [5.41, 5.74) is 9.72. The van der Waals surface area contributed by atoms with Crippen LogP contribution in [-0.4, -0.2) is 24.5 Å². The summed E-state index contributed by atoms with van der Waals surface area (Å²) < 4.78 is 2.00. The van der Waals surface area contributed by atoms with Crippen LogP contribution in [0, 0.1) is 6.92 Å². The van der Waals surface area contributed by atoms with Crippen LogP contribution in [0.25, 0.3) is 11.2 Å². The van der Waals surface area contributed by atoms with E-state index in [1.54, 1.807) is 6.33 Å². The van der Waals surface area contributed by atoms with Crippen molar-refractivity contribution in [3.05, 3.63) is 41.7 Å². The van der Waals surface area contributed by atoms with Crippen LogP contribution in [0.2, 0.25) is 0 Å². The van der Waals surface area contributed by atoms with Gasteiger partial charge < -0.3 is 10.3 Å². The molecule has 0 radical (unpaired) electrons. The van der Waals surface area contributed by atoms with Gasteiger partial charge >= 0.3 is 0 Å². The van der Waals surface area contributed by atoms with Crippen molar-refractivity contribution in [2.45, 2.75) is 38.6 Å². The van der Waals surface area contributed by atoms with Gasteiger partial charge in [0, 0.05) is 12.1 Å². The number of aromatic nitrogens is 5. The van der Waals surface area contributed by atoms with E-state index in [9.17, 15) is 0 Å². The highest BCUT2D eigenvalue weighted by atomic mass is 15.1. The van der Waals surface area contributed by atoms with E-state index in [4.69, 9.17) is 10.7 Å². The summed E-state index contributed by atoms with van der Waals surface area (Å²) in [5.74, 6) is 1.78. The number of nitrogens with zero attached hydrogens (tertiary/aromatic N) is 5. The normalized spacial score (nSPS) is 15.1. The first-order chi connectivity index (χ1) is 10.7. The molecule has 112 valence electrons. The second kappa shape index (κ2) is 5.05. The minimum absolute atomic E-state index is 0.451. The van der Waals surface area contributed by atoms with Crippen molar-refractivity contribution >= 4 is 17.0 Å². The van der Waals surface area contributed by atoms with Gasteiger partial charge in [0.2, 0.25) is 0 Å². The second-order valence-corrected chi connectivity index (χ2v) is 5.96. The topological polar surface area (TPSA) is 82.5 Å². The van der Waals surface area contributed by atoms with E-state index < -0.39 is 0 Å². The highest BCUT2D eigenvalue weighted by Crippen LogP contribution is 2.35. The lowest BCUT2D eigenvalue weighted by atomic mass is 9.85. The lowest BCUT2D eigenvalue weighted by Crippen LogP contribution is -2.14. The van der Waals surface area contributed by atoms with Crippen molar-refractivity contribution < 1.29 is 0 Å². The van der Waals surface area contributed by atoms with Crippen LogP contribution >= 0.6 is 0 Å². The maximum absolute atomic E-state index is 6.06. The lowest BCUT2D eigenvalue weighted by molar-refractivity contribution is 0.402. The van der Waals surface area contributed by atoms with Gasteiger partial charge in [0.05, 0.1) is 18.6 Å². The number of hydrogen-bond donors (Lipinski definition) is 1. The van der Waals surface area contributed by atoms with Crippen molar-refractivity contribution in [1.82, 2.24) is 24.5 Å². The Morgan fingerprint density at radius 3 is 2.86 bits per heavy atom. The van der Waals surface area contributed by atoms with Crippen molar-refractivity contribution in [2.24, 2.45) is 0 Å². The monoisotopic (exact) mass is 294 g/mol. The predicted octanol–water partition coefficient (Wildman–Crippen LogP) is 2.43. The van der Waals surface area contributed by atoms with E-state index in [0.29, 0.717) is 23.8 Å². The van der Waals surface area contributed by atoms with Gasteiger partial charge in [-0.3, -0.25) is 4.98 Å². The Morgan fingerprint density at radius 1 is 1.27 bits per heavy atom. The quantitative estimate of drug-likeness (QED) is 0.802. The van der Waals surface area contributed by atoms with Gasteiger partial charge in [0.15, 0.2) is 11.5 Å². The van der Waals surface area contributed by atoms with E-state index >= 15 is 0 Å². The van der Waals surface area contributed by atoms with Gasteiger partial charge in [-0.25, -0.2) is 15.0 Å². The number of imidazole rings is 1. The molecule has 22 heavy (non-hydrogen) atoms.